The van der Waals surface area contributed by atoms with Crippen LogP contribution >= 0.6 is 0 Å². The molecule has 0 aliphatic heterocycles. The molecule has 0 fully saturated rings. The number of hydrogen-bond donors (Lipinski definition) is 1. The average Bonchev–Trinajstić information content (AvgIpc) is 2.16. The first kappa shape index (κ1) is 9.85. The number of nitrogens with one attached hydrogen (secondary N) is 1. The lowest BCUT2D eigenvalue weighted by Gasteiger charge is -2.08. The fraction of sp³-hybridized carbons (Fsp3) is 0.333. The van der Waals surface area contributed by atoms with Gasteiger partial charge in [0, 0.05) is 12.7 Å². The molecule has 0 saturated carbocycles. The molecule has 0 radical (unpaired) electrons. The Bertz CT molecular complexity index is 289. The Morgan fingerprint density at radius 1 is 1.46 bits per heavy atom. The molecule has 13 heavy (non-hydrogen) atoms. The lowest BCUT2D eigenvalue weighted by molar-refractivity contribution is 1.00. The van der Waals surface area contributed by atoms with Crippen LogP contribution in [0.1, 0.15) is 17.5 Å². The van der Waals surface area contributed by atoms with Crippen molar-refractivity contribution in [1.29, 1.82) is 0 Å². The SMILES string of the molecule is C=CCCc1ccc(C)cc1NC. The Labute approximate surface area is 80.5 Å². The quantitative estimate of drug-likeness (QED) is 0.693. The molecule has 0 heterocycles. The zero-order chi connectivity index (χ0) is 9.68. The van der Waals surface area contributed by atoms with E-state index in [0.717, 1.165) is 12.8 Å². The number of aryl methyl sites for hydroxylation is 2. The predicted octanol–water partition coefficient (Wildman–Crippen LogP) is 3.16. The van der Waals surface area contributed by atoms with Crippen LogP contribution in [-0.4, -0.2) is 7.05 Å². The first-order chi connectivity index (χ1) is 6.27. The van der Waals surface area contributed by atoms with Crippen LogP contribution in [0, 0.1) is 6.92 Å². The van der Waals surface area contributed by atoms with Gasteiger partial charge in [-0.3, -0.25) is 0 Å². The summed E-state index contributed by atoms with van der Waals surface area (Å²) < 4.78 is 0. The molecule has 1 N–H and O–H groups in total. The molecule has 0 aromatic heterocycles. The molecule has 1 heteroatoms. The van der Waals surface area contributed by atoms with Crippen LogP contribution in [0.5, 0.6) is 0 Å². The van der Waals surface area contributed by atoms with E-state index in [0.29, 0.717) is 0 Å². The largest absolute Gasteiger partial charge is 0.388 e. The monoisotopic (exact) mass is 175 g/mol. The number of allylic oxidation sites excluding steroid dienone is 1. The van der Waals surface area contributed by atoms with E-state index in [1.54, 1.807) is 0 Å². The first-order valence-corrected chi connectivity index (χ1v) is 4.66. The molecule has 1 aromatic rings. The summed E-state index contributed by atoms with van der Waals surface area (Å²) in [5, 5.41) is 3.21. The Hall–Kier alpha value is -1.24. The molecule has 70 valence electrons. The van der Waals surface area contributed by atoms with Crippen molar-refractivity contribution in [2.45, 2.75) is 19.8 Å². The van der Waals surface area contributed by atoms with Crippen molar-refractivity contribution in [3.8, 4) is 0 Å². The zero-order valence-corrected chi connectivity index (χ0v) is 8.43. The van der Waals surface area contributed by atoms with Gasteiger partial charge in [0.15, 0.2) is 0 Å². The highest BCUT2D eigenvalue weighted by Gasteiger charge is 1.99. The molecule has 0 saturated heterocycles. The van der Waals surface area contributed by atoms with Crippen LogP contribution in [0.2, 0.25) is 0 Å². The van der Waals surface area contributed by atoms with Gasteiger partial charge in [0.1, 0.15) is 0 Å². The van der Waals surface area contributed by atoms with Gasteiger partial charge in [0.25, 0.3) is 0 Å². The van der Waals surface area contributed by atoms with Gasteiger partial charge >= 0.3 is 0 Å². The van der Waals surface area contributed by atoms with Gasteiger partial charge in [-0.05, 0) is 37.0 Å². The van der Waals surface area contributed by atoms with E-state index in [2.05, 4.69) is 37.0 Å². The minimum atomic E-state index is 1.04. The summed E-state index contributed by atoms with van der Waals surface area (Å²) in [5.41, 5.74) is 3.90. The zero-order valence-electron chi connectivity index (χ0n) is 8.43. The summed E-state index contributed by atoms with van der Waals surface area (Å²) in [4.78, 5) is 0. The van der Waals surface area contributed by atoms with Crippen molar-refractivity contribution in [2.24, 2.45) is 0 Å². The summed E-state index contributed by atoms with van der Waals surface area (Å²) in [5.74, 6) is 0. The topological polar surface area (TPSA) is 12.0 Å². The first-order valence-electron chi connectivity index (χ1n) is 4.66. The fourth-order valence-electron chi connectivity index (χ4n) is 1.40. The molecule has 1 nitrogen and oxygen atoms in total. The molecule has 0 atom stereocenters. The fourth-order valence-corrected chi connectivity index (χ4v) is 1.40. The molecular weight excluding hydrogens is 158 g/mol. The molecule has 0 amide bonds. The van der Waals surface area contributed by atoms with Gasteiger partial charge in [-0.1, -0.05) is 18.2 Å². The van der Waals surface area contributed by atoms with E-state index >= 15 is 0 Å². The van der Waals surface area contributed by atoms with Crippen molar-refractivity contribution >= 4 is 5.69 Å². The predicted molar refractivity (Wildman–Crippen MR) is 59.2 cm³/mol. The van der Waals surface area contributed by atoms with E-state index < -0.39 is 0 Å². The second-order valence-electron chi connectivity index (χ2n) is 3.24. The normalized spacial score (nSPS) is 9.69. The van der Waals surface area contributed by atoms with E-state index in [4.69, 9.17) is 0 Å². The summed E-state index contributed by atoms with van der Waals surface area (Å²) >= 11 is 0. The summed E-state index contributed by atoms with van der Waals surface area (Å²) in [6.07, 6.45) is 4.07. The third-order valence-electron chi connectivity index (χ3n) is 2.15. The van der Waals surface area contributed by atoms with E-state index in [-0.39, 0.29) is 0 Å². The van der Waals surface area contributed by atoms with Gasteiger partial charge in [0.05, 0.1) is 0 Å². The number of anilines is 1. The summed E-state index contributed by atoms with van der Waals surface area (Å²) in [7, 11) is 1.96. The van der Waals surface area contributed by atoms with Crippen LogP contribution in [0.4, 0.5) is 5.69 Å². The Balaban J connectivity index is 2.85. The van der Waals surface area contributed by atoms with Crippen LogP contribution < -0.4 is 5.32 Å². The minimum Gasteiger partial charge on any atom is -0.388 e. The highest BCUT2D eigenvalue weighted by molar-refractivity contribution is 5.52. The van der Waals surface area contributed by atoms with Crippen LogP contribution in [0.15, 0.2) is 30.9 Å². The van der Waals surface area contributed by atoms with Gasteiger partial charge in [-0.15, -0.1) is 6.58 Å². The standard InChI is InChI=1S/C12H17N/c1-4-5-6-11-8-7-10(2)9-12(11)13-3/h4,7-9,13H,1,5-6H2,2-3H3. The Morgan fingerprint density at radius 2 is 2.23 bits per heavy atom. The molecule has 0 aliphatic carbocycles. The Kier molecular flexibility index (Phi) is 3.56. The molecular formula is C12H17N. The summed E-state index contributed by atoms with van der Waals surface area (Å²) in [6.45, 7) is 5.84. The average molecular weight is 175 g/mol. The molecule has 0 unspecified atom stereocenters. The van der Waals surface area contributed by atoms with Gasteiger partial charge in [-0.2, -0.15) is 0 Å². The maximum absolute atomic E-state index is 3.73. The van der Waals surface area contributed by atoms with Gasteiger partial charge in [0.2, 0.25) is 0 Å². The van der Waals surface area contributed by atoms with E-state index in [1.807, 2.05) is 13.1 Å². The highest BCUT2D eigenvalue weighted by Crippen LogP contribution is 2.18. The van der Waals surface area contributed by atoms with Crippen molar-refractivity contribution < 1.29 is 0 Å². The minimum absolute atomic E-state index is 1.04. The van der Waals surface area contributed by atoms with Gasteiger partial charge < -0.3 is 5.32 Å². The highest BCUT2D eigenvalue weighted by atomic mass is 14.8. The van der Waals surface area contributed by atoms with E-state index in [9.17, 15) is 0 Å². The molecule has 0 bridgehead atoms. The molecule has 1 aromatic carbocycles. The maximum atomic E-state index is 3.73. The third-order valence-corrected chi connectivity index (χ3v) is 2.15. The lowest BCUT2D eigenvalue weighted by atomic mass is 10.1. The lowest BCUT2D eigenvalue weighted by Crippen LogP contribution is -1.95. The molecule has 0 aliphatic rings. The van der Waals surface area contributed by atoms with Crippen LogP contribution in [0.3, 0.4) is 0 Å². The van der Waals surface area contributed by atoms with Gasteiger partial charge in [-0.25, -0.2) is 0 Å². The van der Waals surface area contributed by atoms with Crippen LogP contribution in [-0.2, 0) is 6.42 Å². The third kappa shape index (κ3) is 2.62. The second-order valence-corrected chi connectivity index (χ2v) is 3.24. The van der Waals surface area contributed by atoms with Crippen molar-refractivity contribution in [2.75, 3.05) is 12.4 Å². The van der Waals surface area contributed by atoms with Crippen molar-refractivity contribution in [3.63, 3.8) is 0 Å². The summed E-state index contributed by atoms with van der Waals surface area (Å²) in [6, 6.07) is 6.52. The van der Waals surface area contributed by atoms with Crippen LogP contribution in [0.25, 0.3) is 0 Å². The maximum Gasteiger partial charge on any atom is 0.0372 e. The van der Waals surface area contributed by atoms with Crippen molar-refractivity contribution in [1.82, 2.24) is 0 Å². The smallest absolute Gasteiger partial charge is 0.0372 e. The number of hydrogen-bond acceptors (Lipinski definition) is 1. The molecule has 1 rings (SSSR count). The second kappa shape index (κ2) is 4.70. The molecule has 0 spiro atoms. The van der Waals surface area contributed by atoms with Crippen molar-refractivity contribution in [3.05, 3.63) is 42.0 Å². The number of benzene rings is 1. The van der Waals surface area contributed by atoms with E-state index in [1.165, 1.54) is 16.8 Å². The Morgan fingerprint density at radius 3 is 2.85 bits per heavy atom. The number of rotatable bonds is 4.